The zero-order valence-corrected chi connectivity index (χ0v) is 36.8. The smallest absolute Gasteiger partial charge is 0.235 e. The second-order valence-electron chi connectivity index (χ2n) is 18.3. The molecule has 4 heteroatoms. The van der Waals surface area contributed by atoms with Gasteiger partial charge in [0.2, 0.25) is 5.95 Å². The van der Waals surface area contributed by atoms with Crippen LogP contribution in [0, 0.1) is 13.8 Å². The minimum absolute atomic E-state index is 0.231. The molecule has 0 atom stereocenters. The van der Waals surface area contributed by atoms with Crippen LogP contribution in [0.1, 0.15) is 36.1 Å². The van der Waals surface area contributed by atoms with Crippen LogP contribution in [0.15, 0.2) is 194 Å². The number of hydrogen-bond donors (Lipinski definition) is 0. The molecular formula is C61H44N4. The highest BCUT2D eigenvalue weighted by atomic mass is 15.2. The Balaban J connectivity index is 0.987. The summed E-state index contributed by atoms with van der Waals surface area (Å²) in [6.45, 7) is 9.13. The molecule has 4 nitrogen and oxygen atoms in total. The Morgan fingerprint density at radius 3 is 1.65 bits per heavy atom. The Morgan fingerprint density at radius 2 is 0.954 bits per heavy atom. The van der Waals surface area contributed by atoms with E-state index in [9.17, 15) is 0 Å². The lowest BCUT2D eigenvalue weighted by Gasteiger charge is -2.35. The van der Waals surface area contributed by atoms with E-state index in [-0.39, 0.29) is 5.41 Å². The summed E-state index contributed by atoms with van der Waals surface area (Å²) in [4.78, 5) is 11.0. The van der Waals surface area contributed by atoms with Gasteiger partial charge < -0.3 is 4.57 Å². The molecule has 9 aromatic carbocycles. The Labute approximate surface area is 377 Å². The largest absolute Gasteiger partial charge is 0.309 e. The third-order valence-electron chi connectivity index (χ3n) is 14.2. The van der Waals surface area contributed by atoms with Crippen molar-refractivity contribution in [2.24, 2.45) is 0 Å². The fourth-order valence-electron chi connectivity index (χ4n) is 11.0. The average Bonchev–Trinajstić information content (AvgIpc) is 3.86. The maximum Gasteiger partial charge on any atom is 0.235 e. The fraction of sp³-hybridized carbons (Fsp3) is 0.0820. The summed E-state index contributed by atoms with van der Waals surface area (Å²) in [5.41, 5.74) is 20.9. The van der Waals surface area contributed by atoms with Crippen molar-refractivity contribution >= 4 is 54.5 Å². The van der Waals surface area contributed by atoms with Crippen molar-refractivity contribution in [3.8, 4) is 56.3 Å². The van der Waals surface area contributed by atoms with Gasteiger partial charge >= 0.3 is 0 Å². The topological polar surface area (TPSA) is 35.6 Å². The summed E-state index contributed by atoms with van der Waals surface area (Å²) in [6.07, 6.45) is 0. The SMILES string of the molecule is Cc1cc(-n2c3ccccc3c3cc(-c4ccc5c(c4)c4ccccc4n5-c4nc5c6c(cc(-c7ccccc7)cc6n4)C(C)(C)c4ccccc4-5)ccc32)c(C)cc1-c1ccccc1. The zero-order chi connectivity index (χ0) is 43.6. The molecule has 0 amide bonds. The highest BCUT2D eigenvalue weighted by molar-refractivity contribution is 6.13. The first-order valence-corrected chi connectivity index (χ1v) is 22.6. The molecule has 0 fully saturated rings. The van der Waals surface area contributed by atoms with Gasteiger partial charge in [-0.05, 0) is 130 Å². The van der Waals surface area contributed by atoms with Crippen LogP contribution in [0.3, 0.4) is 0 Å². The predicted octanol–water partition coefficient (Wildman–Crippen LogP) is 15.7. The Bertz CT molecular complexity index is 3930. The van der Waals surface area contributed by atoms with Crippen molar-refractivity contribution in [1.29, 1.82) is 0 Å². The van der Waals surface area contributed by atoms with Gasteiger partial charge in [0.1, 0.15) is 0 Å². The maximum atomic E-state index is 5.54. The molecule has 3 aromatic heterocycles. The van der Waals surface area contributed by atoms with Crippen molar-refractivity contribution in [2.45, 2.75) is 33.1 Å². The molecule has 1 aliphatic rings. The number of rotatable bonds is 5. The normalized spacial score (nSPS) is 13.0. The lowest BCUT2D eigenvalue weighted by atomic mass is 9.69. The van der Waals surface area contributed by atoms with Crippen molar-refractivity contribution in [1.82, 2.24) is 19.1 Å². The highest BCUT2D eigenvalue weighted by Crippen LogP contribution is 2.49. The van der Waals surface area contributed by atoms with Crippen LogP contribution in [-0.4, -0.2) is 19.1 Å². The van der Waals surface area contributed by atoms with Gasteiger partial charge in [0.25, 0.3) is 0 Å². The van der Waals surface area contributed by atoms with Gasteiger partial charge in [-0.2, -0.15) is 0 Å². The van der Waals surface area contributed by atoms with E-state index >= 15 is 0 Å². The summed E-state index contributed by atoms with van der Waals surface area (Å²) in [5.74, 6) is 0.675. The molecule has 0 aliphatic heterocycles. The third kappa shape index (κ3) is 5.57. The van der Waals surface area contributed by atoms with Gasteiger partial charge in [-0.15, -0.1) is 0 Å². The van der Waals surface area contributed by atoms with Gasteiger partial charge in [-0.1, -0.05) is 147 Å². The molecule has 65 heavy (non-hydrogen) atoms. The third-order valence-corrected chi connectivity index (χ3v) is 14.2. The number of hydrogen-bond acceptors (Lipinski definition) is 2. The van der Waals surface area contributed by atoms with Crippen LogP contribution in [0.2, 0.25) is 0 Å². The van der Waals surface area contributed by atoms with Crippen molar-refractivity contribution in [2.75, 3.05) is 0 Å². The number of para-hydroxylation sites is 2. The molecule has 1 aliphatic carbocycles. The molecule has 0 saturated heterocycles. The van der Waals surface area contributed by atoms with Crippen molar-refractivity contribution in [3.05, 3.63) is 216 Å². The molecule has 0 spiro atoms. The van der Waals surface area contributed by atoms with Gasteiger partial charge in [-0.3, -0.25) is 4.57 Å². The fourth-order valence-corrected chi connectivity index (χ4v) is 11.0. The zero-order valence-electron chi connectivity index (χ0n) is 36.8. The molecule has 0 N–H and O–H groups in total. The summed E-state index contributed by atoms with van der Waals surface area (Å²) in [6, 6.07) is 70.9. The van der Waals surface area contributed by atoms with Gasteiger partial charge in [0.05, 0.1) is 33.3 Å². The van der Waals surface area contributed by atoms with Crippen LogP contribution in [0.5, 0.6) is 0 Å². The van der Waals surface area contributed by atoms with E-state index in [4.69, 9.17) is 9.97 Å². The van der Waals surface area contributed by atoms with Crippen LogP contribution in [-0.2, 0) is 5.41 Å². The average molecular weight is 833 g/mol. The lowest BCUT2D eigenvalue weighted by Crippen LogP contribution is -2.24. The predicted molar refractivity (Wildman–Crippen MR) is 272 cm³/mol. The van der Waals surface area contributed by atoms with Crippen LogP contribution in [0.4, 0.5) is 0 Å². The number of fused-ring (bicyclic) bond motifs is 8. The second-order valence-corrected chi connectivity index (χ2v) is 18.3. The molecule has 12 aromatic rings. The standard InChI is InChI=1S/C61H44N4/c1-37-32-57(38(2)31-47(37)40-19-9-6-10-20-40)64-53-25-15-12-21-44(53)48-33-41(27-29-55(48)64)42-28-30-56-49(34-42)45-22-13-16-26-54(45)65(56)60-62-52-36-43(39-17-7-5-8-18-39)35-51-58(52)59(63-60)46-23-11-14-24-50(46)61(51,3)4/h5-36H,1-4H3. The number of benzene rings is 9. The number of nitrogens with zero attached hydrogens (tertiary/aromatic N) is 4. The number of aryl methyl sites for hydroxylation is 2. The molecule has 0 bridgehead atoms. The van der Waals surface area contributed by atoms with Gasteiger partial charge in [0, 0.05) is 43.6 Å². The molecule has 3 heterocycles. The van der Waals surface area contributed by atoms with Gasteiger partial charge in [0.15, 0.2) is 0 Å². The molecule has 13 rings (SSSR count). The Kier molecular flexibility index (Phi) is 8.05. The summed E-state index contributed by atoms with van der Waals surface area (Å²) < 4.78 is 4.72. The summed E-state index contributed by atoms with van der Waals surface area (Å²) >= 11 is 0. The van der Waals surface area contributed by atoms with E-state index in [0.717, 1.165) is 33.2 Å². The van der Waals surface area contributed by atoms with Crippen molar-refractivity contribution < 1.29 is 0 Å². The molecular weight excluding hydrogens is 789 g/mol. The molecule has 0 unspecified atom stereocenters. The van der Waals surface area contributed by atoms with E-state index in [1.54, 1.807) is 0 Å². The van der Waals surface area contributed by atoms with Crippen LogP contribution in [0.25, 0.3) is 111 Å². The Morgan fingerprint density at radius 1 is 0.385 bits per heavy atom. The van der Waals surface area contributed by atoms with Crippen LogP contribution < -0.4 is 0 Å². The molecule has 0 saturated carbocycles. The summed E-state index contributed by atoms with van der Waals surface area (Å²) in [7, 11) is 0. The van der Waals surface area contributed by atoms with E-state index in [2.05, 4.69) is 231 Å². The van der Waals surface area contributed by atoms with Crippen LogP contribution >= 0.6 is 0 Å². The first-order chi connectivity index (χ1) is 31.8. The van der Waals surface area contributed by atoms with E-state index < -0.39 is 0 Å². The first-order valence-electron chi connectivity index (χ1n) is 22.6. The minimum Gasteiger partial charge on any atom is -0.309 e. The van der Waals surface area contributed by atoms with Crippen molar-refractivity contribution in [3.63, 3.8) is 0 Å². The van der Waals surface area contributed by atoms with E-state index in [1.807, 2.05) is 0 Å². The summed E-state index contributed by atoms with van der Waals surface area (Å²) in [5, 5.41) is 5.95. The van der Waals surface area contributed by atoms with E-state index in [0.29, 0.717) is 5.95 Å². The monoisotopic (exact) mass is 832 g/mol. The highest BCUT2D eigenvalue weighted by Gasteiger charge is 2.35. The molecule has 308 valence electrons. The first kappa shape index (κ1) is 37.5. The van der Waals surface area contributed by atoms with Gasteiger partial charge in [-0.25, -0.2) is 9.97 Å². The quantitative estimate of drug-likeness (QED) is 0.173. The number of aromatic nitrogens is 4. The minimum atomic E-state index is -0.231. The maximum absolute atomic E-state index is 5.54. The second kappa shape index (κ2) is 14.0. The van der Waals surface area contributed by atoms with E-state index in [1.165, 1.54) is 93.9 Å². The molecule has 0 radical (unpaired) electrons. The Hall–Kier alpha value is -8.08. The lowest BCUT2D eigenvalue weighted by molar-refractivity contribution is 0.644.